The van der Waals surface area contributed by atoms with E-state index in [0.29, 0.717) is 27.0 Å². The van der Waals surface area contributed by atoms with Gasteiger partial charge >= 0.3 is 0 Å². The molecular weight excluding hydrogens is 578 g/mol. The monoisotopic (exact) mass is 594 g/mol. The molecule has 3 aromatic rings. The normalized spacial score (nSPS) is 17.5. The van der Waals surface area contributed by atoms with Crippen molar-refractivity contribution in [3.05, 3.63) is 105 Å². The highest BCUT2D eigenvalue weighted by Gasteiger charge is 2.67. The highest BCUT2D eigenvalue weighted by molar-refractivity contribution is 6.53. The first-order valence-electron chi connectivity index (χ1n) is 11.0. The fraction of sp³-hybridized carbons (Fsp3) is 0.148. The number of carbonyl (C=O) groups excluding carboxylic acids is 3. The molecule has 190 valence electrons. The van der Waals surface area contributed by atoms with E-state index < -0.39 is 22.1 Å². The third kappa shape index (κ3) is 6.31. The summed E-state index contributed by atoms with van der Waals surface area (Å²) in [7, 11) is 0. The first-order valence-corrected chi connectivity index (χ1v) is 12.9. The lowest BCUT2D eigenvalue weighted by molar-refractivity contribution is -0.117. The lowest BCUT2D eigenvalue weighted by atomic mass is 10.0. The van der Waals surface area contributed by atoms with Crippen LogP contribution in [-0.2, 0) is 16.0 Å². The SMILES string of the molecule is C=CC(=O)Nc1ccc(CC(=O)c2cc(NC(=O)C3C(c4cc(Cl)cc(Cl)c4)C3(Cl)Cl)ccc2Cl)cc1. The summed E-state index contributed by atoms with van der Waals surface area (Å²) in [5.41, 5.74) is 2.59. The van der Waals surface area contributed by atoms with Gasteiger partial charge in [0, 0.05) is 39.3 Å². The van der Waals surface area contributed by atoms with Crippen LogP contribution in [0.25, 0.3) is 0 Å². The Bertz CT molecular complexity index is 1390. The smallest absolute Gasteiger partial charge is 0.247 e. The molecule has 2 N–H and O–H groups in total. The number of halogens is 5. The number of ketones is 1. The summed E-state index contributed by atoms with van der Waals surface area (Å²) in [6.45, 7) is 3.41. The Labute approximate surface area is 238 Å². The van der Waals surface area contributed by atoms with Gasteiger partial charge in [-0.2, -0.15) is 0 Å². The Balaban J connectivity index is 1.46. The molecule has 0 aromatic heterocycles. The van der Waals surface area contributed by atoms with Crippen molar-refractivity contribution in [1.29, 1.82) is 0 Å². The van der Waals surface area contributed by atoms with Crippen molar-refractivity contribution >= 4 is 87.0 Å². The van der Waals surface area contributed by atoms with Crippen LogP contribution in [0.3, 0.4) is 0 Å². The van der Waals surface area contributed by atoms with Crippen molar-refractivity contribution < 1.29 is 14.4 Å². The van der Waals surface area contributed by atoms with Crippen LogP contribution >= 0.6 is 58.0 Å². The lowest BCUT2D eigenvalue weighted by Gasteiger charge is -2.10. The van der Waals surface area contributed by atoms with Crippen molar-refractivity contribution in [1.82, 2.24) is 0 Å². The summed E-state index contributed by atoms with van der Waals surface area (Å²) in [4.78, 5) is 37.4. The molecule has 0 radical (unpaired) electrons. The van der Waals surface area contributed by atoms with E-state index >= 15 is 0 Å². The minimum Gasteiger partial charge on any atom is -0.326 e. The Morgan fingerprint density at radius 3 is 2.11 bits per heavy atom. The van der Waals surface area contributed by atoms with Gasteiger partial charge in [0.15, 0.2) is 5.78 Å². The fourth-order valence-electron chi connectivity index (χ4n) is 4.04. The maximum Gasteiger partial charge on any atom is 0.247 e. The topological polar surface area (TPSA) is 75.3 Å². The van der Waals surface area contributed by atoms with Crippen molar-refractivity contribution in [3.63, 3.8) is 0 Å². The summed E-state index contributed by atoms with van der Waals surface area (Å²) in [6.07, 6.45) is 1.24. The Morgan fingerprint density at radius 2 is 1.49 bits per heavy atom. The number of Topliss-reactive ketones (excluding diaryl/α,β-unsaturated/α-hetero) is 1. The number of benzene rings is 3. The van der Waals surface area contributed by atoms with Gasteiger partial charge in [0.1, 0.15) is 4.33 Å². The van der Waals surface area contributed by atoms with Gasteiger partial charge in [0.2, 0.25) is 11.8 Å². The summed E-state index contributed by atoms with van der Waals surface area (Å²) in [5.74, 6) is -2.24. The quantitative estimate of drug-likeness (QED) is 0.159. The molecule has 0 spiro atoms. The molecule has 5 nitrogen and oxygen atoms in total. The van der Waals surface area contributed by atoms with Gasteiger partial charge < -0.3 is 10.6 Å². The molecule has 0 heterocycles. The van der Waals surface area contributed by atoms with E-state index in [1.165, 1.54) is 18.2 Å². The highest BCUT2D eigenvalue weighted by atomic mass is 35.5. The third-order valence-corrected chi connectivity index (χ3v) is 7.59. The average molecular weight is 597 g/mol. The van der Waals surface area contributed by atoms with Gasteiger partial charge in [-0.25, -0.2) is 0 Å². The maximum atomic E-state index is 13.0. The minimum absolute atomic E-state index is 0.0689. The van der Waals surface area contributed by atoms with Crippen LogP contribution in [0.15, 0.2) is 73.3 Å². The van der Waals surface area contributed by atoms with Gasteiger partial charge in [0.05, 0.1) is 10.9 Å². The third-order valence-electron chi connectivity index (χ3n) is 5.89. The molecule has 0 saturated heterocycles. The molecule has 2 atom stereocenters. The largest absolute Gasteiger partial charge is 0.326 e. The van der Waals surface area contributed by atoms with Gasteiger partial charge in [-0.3, -0.25) is 14.4 Å². The molecule has 2 unspecified atom stereocenters. The van der Waals surface area contributed by atoms with Crippen LogP contribution in [0.1, 0.15) is 27.4 Å². The predicted molar refractivity (Wildman–Crippen MR) is 151 cm³/mol. The summed E-state index contributed by atoms with van der Waals surface area (Å²) in [6, 6.07) is 16.4. The standard InChI is InChI=1S/C27H19Cl5N2O3/c1-2-23(36)33-18-5-3-14(4-6-18)9-22(35)20-13-19(7-8-21(20)30)34-26(37)25-24(27(25,31)32)15-10-16(28)12-17(29)11-15/h2-8,10-13,24-25H,1,9H2,(H,33,36)(H,34,37). The van der Waals surface area contributed by atoms with E-state index in [2.05, 4.69) is 17.2 Å². The first kappa shape index (κ1) is 27.5. The van der Waals surface area contributed by atoms with Crippen LogP contribution in [0.5, 0.6) is 0 Å². The van der Waals surface area contributed by atoms with E-state index in [9.17, 15) is 14.4 Å². The Kier molecular flexibility index (Phi) is 8.22. The van der Waals surface area contributed by atoms with Crippen LogP contribution in [-0.4, -0.2) is 21.9 Å². The molecule has 4 rings (SSSR count). The molecule has 0 aliphatic heterocycles. The molecule has 3 aromatic carbocycles. The first-order chi connectivity index (χ1) is 17.5. The molecular formula is C27H19Cl5N2O3. The molecule has 2 amide bonds. The van der Waals surface area contributed by atoms with E-state index in [-0.39, 0.29) is 28.7 Å². The molecule has 37 heavy (non-hydrogen) atoms. The second kappa shape index (κ2) is 11.1. The number of anilines is 2. The van der Waals surface area contributed by atoms with E-state index in [4.69, 9.17) is 58.0 Å². The van der Waals surface area contributed by atoms with E-state index in [1.807, 2.05) is 0 Å². The number of nitrogens with one attached hydrogen (secondary N) is 2. The van der Waals surface area contributed by atoms with Crippen molar-refractivity contribution in [2.24, 2.45) is 5.92 Å². The maximum absolute atomic E-state index is 13.0. The summed E-state index contributed by atoms with van der Waals surface area (Å²) in [5, 5.41) is 6.49. The Hall–Kier alpha value is -2.54. The van der Waals surface area contributed by atoms with Gasteiger partial charge in [-0.05, 0) is 65.7 Å². The van der Waals surface area contributed by atoms with Crippen LogP contribution in [0, 0.1) is 5.92 Å². The zero-order valence-corrected chi connectivity index (χ0v) is 22.8. The summed E-state index contributed by atoms with van der Waals surface area (Å²) >= 11 is 31.3. The number of hydrogen-bond acceptors (Lipinski definition) is 3. The number of carbonyl (C=O) groups is 3. The van der Waals surface area contributed by atoms with Crippen molar-refractivity contribution in [2.45, 2.75) is 16.7 Å². The molecule has 0 bridgehead atoms. The number of alkyl halides is 2. The zero-order chi connectivity index (χ0) is 26.9. The second-order valence-electron chi connectivity index (χ2n) is 8.51. The summed E-state index contributed by atoms with van der Waals surface area (Å²) < 4.78 is -1.33. The number of hydrogen-bond donors (Lipinski definition) is 2. The average Bonchev–Trinajstić information content (AvgIpc) is 3.42. The molecule has 10 heteroatoms. The molecule has 1 fully saturated rings. The number of amides is 2. The minimum atomic E-state index is -1.33. The van der Waals surface area contributed by atoms with Crippen LogP contribution < -0.4 is 10.6 Å². The zero-order valence-electron chi connectivity index (χ0n) is 19.0. The molecule has 1 saturated carbocycles. The number of rotatable bonds is 8. The second-order valence-corrected chi connectivity index (χ2v) is 11.2. The molecule has 1 aliphatic carbocycles. The van der Waals surface area contributed by atoms with Gasteiger partial charge in [0.25, 0.3) is 0 Å². The predicted octanol–water partition coefficient (Wildman–Crippen LogP) is 7.72. The van der Waals surface area contributed by atoms with Crippen LogP contribution in [0.4, 0.5) is 11.4 Å². The Morgan fingerprint density at radius 1 is 0.865 bits per heavy atom. The van der Waals surface area contributed by atoms with Gasteiger partial charge in [-0.15, -0.1) is 23.2 Å². The fourth-order valence-corrected chi connectivity index (χ4v) is 5.63. The van der Waals surface area contributed by atoms with Crippen molar-refractivity contribution in [2.75, 3.05) is 10.6 Å². The van der Waals surface area contributed by atoms with E-state index in [1.54, 1.807) is 48.5 Å². The lowest BCUT2D eigenvalue weighted by Crippen LogP contribution is -2.17. The van der Waals surface area contributed by atoms with Crippen LogP contribution in [0.2, 0.25) is 15.1 Å². The highest BCUT2D eigenvalue weighted by Crippen LogP contribution is 2.65. The van der Waals surface area contributed by atoms with Crippen molar-refractivity contribution in [3.8, 4) is 0 Å². The van der Waals surface area contributed by atoms with E-state index in [0.717, 1.165) is 5.56 Å². The molecule has 1 aliphatic rings. The van der Waals surface area contributed by atoms with Gasteiger partial charge in [-0.1, -0.05) is 53.5 Å².